The Bertz CT molecular complexity index is 514. The van der Waals surface area contributed by atoms with Crippen LogP contribution in [0.3, 0.4) is 0 Å². The van der Waals surface area contributed by atoms with Crippen LogP contribution in [-0.2, 0) is 9.31 Å². The summed E-state index contributed by atoms with van der Waals surface area (Å²) in [5.74, 6) is 0. The maximum Gasteiger partial charge on any atom is 0.502 e. The summed E-state index contributed by atoms with van der Waals surface area (Å²) < 4.78 is 11.6. The van der Waals surface area contributed by atoms with E-state index in [0.717, 1.165) is 0 Å². The molecule has 0 amide bonds. The van der Waals surface area contributed by atoms with E-state index >= 15 is 0 Å². The number of benzene rings is 1. The molecule has 0 atom stereocenters. The van der Waals surface area contributed by atoms with Crippen molar-refractivity contribution in [1.29, 1.82) is 0 Å². The second-order valence-electron chi connectivity index (χ2n) is 5.63. The number of nitro benzene ring substituents is 1. The summed E-state index contributed by atoms with van der Waals surface area (Å²) in [4.78, 5) is 10.6. The predicted octanol–water partition coefficient (Wildman–Crippen LogP) is 1.48. The lowest BCUT2D eigenvalue weighted by Crippen LogP contribution is -2.41. The maximum absolute atomic E-state index is 11.1. The van der Waals surface area contributed by atoms with E-state index in [9.17, 15) is 10.1 Å². The van der Waals surface area contributed by atoms with Crippen molar-refractivity contribution in [2.75, 3.05) is 5.73 Å². The number of nitrogens with two attached hydrogens (primary N) is 1. The van der Waals surface area contributed by atoms with Crippen molar-refractivity contribution >= 4 is 24.0 Å². The highest BCUT2D eigenvalue weighted by atomic mass is 16.7. The van der Waals surface area contributed by atoms with Crippen molar-refractivity contribution in [1.82, 2.24) is 0 Å². The highest BCUT2D eigenvalue weighted by molar-refractivity contribution is 6.63. The lowest BCUT2D eigenvalue weighted by molar-refractivity contribution is -0.382. The molecule has 7 heteroatoms. The van der Waals surface area contributed by atoms with Gasteiger partial charge in [-0.2, -0.15) is 0 Å². The van der Waals surface area contributed by atoms with E-state index in [4.69, 9.17) is 15.0 Å². The van der Waals surface area contributed by atoms with E-state index < -0.39 is 23.2 Å². The number of nitro groups is 1. The number of anilines is 1. The third kappa shape index (κ3) is 2.19. The molecule has 0 radical (unpaired) electrons. The quantitative estimate of drug-likeness (QED) is 0.378. The van der Waals surface area contributed by atoms with Crippen molar-refractivity contribution in [3.8, 4) is 0 Å². The Morgan fingerprint density at radius 3 is 2.21 bits per heavy atom. The van der Waals surface area contributed by atoms with Crippen molar-refractivity contribution in [2.45, 2.75) is 38.9 Å². The predicted molar refractivity (Wildman–Crippen MR) is 73.2 cm³/mol. The van der Waals surface area contributed by atoms with Crippen LogP contribution in [0.2, 0.25) is 0 Å². The molecule has 0 saturated carbocycles. The number of nitrogen functional groups attached to an aromatic ring is 1. The van der Waals surface area contributed by atoms with Gasteiger partial charge < -0.3 is 15.0 Å². The lowest BCUT2D eigenvalue weighted by Gasteiger charge is -2.32. The van der Waals surface area contributed by atoms with Gasteiger partial charge >= 0.3 is 7.12 Å². The van der Waals surface area contributed by atoms with Crippen LogP contribution in [-0.4, -0.2) is 23.2 Å². The smallest absolute Gasteiger partial charge is 0.399 e. The highest BCUT2D eigenvalue weighted by Gasteiger charge is 2.53. The van der Waals surface area contributed by atoms with Gasteiger partial charge in [-0.1, -0.05) is 12.1 Å². The van der Waals surface area contributed by atoms with E-state index in [1.54, 1.807) is 12.1 Å². The highest BCUT2D eigenvalue weighted by Crippen LogP contribution is 2.37. The third-order valence-electron chi connectivity index (χ3n) is 3.79. The fourth-order valence-corrected chi connectivity index (χ4v) is 1.95. The molecule has 6 nitrogen and oxygen atoms in total. The Labute approximate surface area is 112 Å². The first kappa shape index (κ1) is 13.8. The van der Waals surface area contributed by atoms with E-state index in [1.807, 2.05) is 27.7 Å². The summed E-state index contributed by atoms with van der Waals surface area (Å²) >= 11 is 0. The van der Waals surface area contributed by atoms with Crippen molar-refractivity contribution < 1.29 is 14.2 Å². The van der Waals surface area contributed by atoms with Crippen LogP contribution in [0.4, 0.5) is 11.4 Å². The molecule has 0 aromatic heterocycles. The number of hydrogen-bond acceptors (Lipinski definition) is 5. The second kappa shape index (κ2) is 4.21. The summed E-state index contributed by atoms with van der Waals surface area (Å²) in [5.41, 5.74) is 4.89. The molecule has 2 N–H and O–H groups in total. The molecule has 1 aliphatic heterocycles. The zero-order valence-electron chi connectivity index (χ0n) is 11.5. The summed E-state index contributed by atoms with van der Waals surface area (Å²) in [6.45, 7) is 7.58. The maximum atomic E-state index is 11.1. The van der Waals surface area contributed by atoms with Gasteiger partial charge in [-0.3, -0.25) is 10.1 Å². The van der Waals surface area contributed by atoms with Crippen LogP contribution in [0, 0.1) is 10.1 Å². The minimum absolute atomic E-state index is 0.109. The van der Waals surface area contributed by atoms with E-state index in [2.05, 4.69) is 0 Å². The van der Waals surface area contributed by atoms with Crippen LogP contribution in [0.15, 0.2) is 18.2 Å². The number of para-hydroxylation sites is 1. The summed E-state index contributed by atoms with van der Waals surface area (Å²) in [6.07, 6.45) is 0. The first-order chi connectivity index (χ1) is 8.66. The second-order valence-corrected chi connectivity index (χ2v) is 5.63. The summed E-state index contributed by atoms with van der Waals surface area (Å²) in [7, 11) is -0.783. The minimum Gasteiger partial charge on any atom is -0.399 e. The number of rotatable bonds is 2. The molecule has 1 aliphatic rings. The topological polar surface area (TPSA) is 87.6 Å². The molecule has 1 heterocycles. The first-order valence-electron chi connectivity index (χ1n) is 6.04. The molecule has 2 rings (SSSR count). The van der Waals surface area contributed by atoms with Crippen LogP contribution in [0.1, 0.15) is 27.7 Å². The molecule has 0 unspecified atom stereocenters. The standard InChI is InChI=1S/C12H17BN2O4/c1-11(2)12(3,4)19-13(18-11)8-6-5-7-9(14)10(8)15(16)17/h5-7H,14H2,1-4H3. The first-order valence-corrected chi connectivity index (χ1v) is 6.04. The summed E-state index contributed by atoms with van der Waals surface area (Å²) in [6, 6.07) is 4.76. The molecule has 1 aromatic carbocycles. The van der Waals surface area contributed by atoms with Gasteiger partial charge in [0.25, 0.3) is 5.69 Å². The van der Waals surface area contributed by atoms with Crippen LogP contribution < -0.4 is 11.2 Å². The Hall–Kier alpha value is -1.60. The monoisotopic (exact) mass is 264 g/mol. The average Bonchev–Trinajstić information content (AvgIpc) is 2.47. The molecule has 19 heavy (non-hydrogen) atoms. The van der Waals surface area contributed by atoms with Crippen molar-refractivity contribution in [3.05, 3.63) is 28.3 Å². The van der Waals surface area contributed by atoms with Gasteiger partial charge in [-0.05, 0) is 33.8 Å². The molecule has 0 bridgehead atoms. The largest absolute Gasteiger partial charge is 0.502 e. The molecule has 1 aromatic rings. The van der Waals surface area contributed by atoms with Crippen LogP contribution in [0.5, 0.6) is 0 Å². The molecule has 1 fully saturated rings. The zero-order chi connectivity index (χ0) is 14.4. The number of nitrogens with zero attached hydrogens (tertiary/aromatic N) is 1. The van der Waals surface area contributed by atoms with Crippen molar-refractivity contribution in [3.63, 3.8) is 0 Å². The van der Waals surface area contributed by atoms with Gasteiger partial charge in [-0.25, -0.2) is 0 Å². The third-order valence-corrected chi connectivity index (χ3v) is 3.79. The lowest BCUT2D eigenvalue weighted by atomic mass is 9.77. The van der Waals surface area contributed by atoms with Gasteiger partial charge in [0.2, 0.25) is 0 Å². The number of hydrogen-bond donors (Lipinski definition) is 1. The van der Waals surface area contributed by atoms with E-state index in [1.165, 1.54) is 6.07 Å². The van der Waals surface area contributed by atoms with Crippen LogP contribution in [0.25, 0.3) is 0 Å². The van der Waals surface area contributed by atoms with E-state index in [-0.39, 0.29) is 11.4 Å². The summed E-state index contributed by atoms with van der Waals surface area (Å²) in [5, 5.41) is 11.1. The molecular weight excluding hydrogens is 247 g/mol. The Kier molecular flexibility index (Phi) is 3.06. The molecule has 0 spiro atoms. The normalized spacial score (nSPS) is 20.5. The fourth-order valence-electron chi connectivity index (χ4n) is 1.95. The van der Waals surface area contributed by atoms with Crippen molar-refractivity contribution in [2.24, 2.45) is 0 Å². The Morgan fingerprint density at radius 1 is 1.21 bits per heavy atom. The zero-order valence-corrected chi connectivity index (χ0v) is 11.5. The minimum atomic E-state index is -0.783. The van der Waals surface area contributed by atoms with Gasteiger partial charge in [0, 0.05) is 0 Å². The van der Waals surface area contributed by atoms with Gasteiger partial charge in [0.05, 0.1) is 21.6 Å². The average molecular weight is 264 g/mol. The molecular formula is C12H17BN2O4. The molecule has 102 valence electrons. The fraction of sp³-hybridized carbons (Fsp3) is 0.500. The van der Waals surface area contributed by atoms with Gasteiger partial charge in [-0.15, -0.1) is 0 Å². The van der Waals surface area contributed by atoms with Gasteiger partial charge in [0.1, 0.15) is 5.69 Å². The van der Waals surface area contributed by atoms with Crippen LogP contribution >= 0.6 is 0 Å². The molecule has 1 saturated heterocycles. The van der Waals surface area contributed by atoms with E-state index in [0.29, 0.717) is 5.46 Å². The Morgan fingerprint density at radius 2 is 1.74 bits per heavy atom. The Balaban J connectivity index is 2.46. The molecule has 0 aliphatic carbocycles. The van der Waals surface area contributed by atoms with Gasteiger partial charge in [0.15, 0.2) is 0 Å². The SMILES string of the molecule is CC1(C)OB(c2cccc(N)c2[N+](=O)[O-])OC1(C)C.